The standard InChI is InChI=1S/C23H28N2O3/c1-16-9-8-13-20(17(16)2)25-23(27)19-12-6-7-14-21(19)28-15-22(26)24-18-10-4-3-5-11-18/h6-9,12-14,18H,3-5,10-11,15H2,1-2H3,(H,24,26)(H,25,27). The van der Waals surface area contributed by atoms with Crippen molar-refractivity contribution in [1.29, 1.82) is 0 Å². The van der Waals surface area contributed by atoms with E-state index in [9.17, 15) is 9.59 Å². The molecule has 0 aromatic heterocycles. The van der Waals surface area contributed by atoms with Crippen molar-refractivity contribution in [3.8, 4) is 5.75 Å². The number of amides is 2. The zero-order valence-electron chi connectivity index (χ0n) is 16.6. The number of aryl methyl sites for hydroxylation is 1. The van der Waals surface area contributed by atoms with Crippen LogP contribution in [-0.2, 0) is 4.79 Å². The van der Waals surface area contributed by atoms with E-state index in [-0.39, 0.29) is 24.5 Å². The number of nitrogens with one attached hydrogen (secondary N) is 2. The first kappa shape index (κ1) is 19.9. The van der Waals surface area contributed by atoms with Crippen molar-refractivity contribution >= 4 is 17.5 Å². The summed E-state index contributed by atoms with van der Waals surface area (Å²) < 4.78 is 5.68. The smallest absolute Gasteiger partial charge is 0.259 e. The van der Waals surface area contributed by atoms with Crippen molar-refractivity contribution < 1.29 is 14.3 Å². The van der Waals surface area contributed by atoms with E-state index in [1.165, 1.54) is 6.42 Å². The van der Waals surface area contributed by atoms with Gasteiger partial charge >= 0.3 is 0 Å². The van der Waals surface area contributed by atoms with Gasteiger partial charge in [-0.25, -0.2) is 0 Å². The van der Waals surface area contributed by atoms with E-state index >= 15 is 0 Å². The van der Waals surface area contributed by atoms with Crippen molar-refractivity contribution in [2.24, 2.45) is 0 Å². The number of para-hydroxylation sites is 1. The molecule has 0 bridgehead atoms. The van der Waals surface area contributed by atoms with Gasteiger partial charge in [-0.1, -0.05) is 43.5 Å². The van der Waals surface area contributed by atoms with Gasteiger partial charge < -0.3 is 15.4 Å². The Morgan fingerprint density at radius 1 is 1.00 bits per heavy atom. The second-order valence-electron chi connectivity index (χ2n) is 7.39. The van der Waals surface area contributed by atoms with Gasteiger partial charge in [0.05, 0.1) is 5.56 Å². The minimum Gasteiger partial charge on any atom is -0.483 e. The minimum absolute atomic E-state index is 0.0930. The van der Waals surface area contributed by atoms with E-state index in [1.54, 1.807) is 24.3 Å². The lowest BCUT2D eigenvalue weighted by molar-refractivity contribution is -0.124. The molecule has 0 spiro atoms. The van der Waals surface area contributed by atoms with E-state index in [0.717, 1.165) is 42.5 Å². The Morgan fingerprint density at radius 3 is 2.54 bits per heavy atom. The molecule has 0 unspecified atom stereocenters. The predicted octanol–water partition coefficient (Wildman–Crippen LogP) is 4.38. The summed E-state index contributed by atoms with van der Waals surface area (Å²) in [6.45, 7) is 3.89. The highest BCUT2D eigenvalue weighted by atomic mass is 16.5. The summed E-state index contributed by atoms with van der Waals surface area (Å²) in [5.41, 5.74) is 3.33. The number of hydrogen-bond donors (Lipinski definition) is 2. The molecule has 0 saturated heterocycles. The largest absolute Gasteiger partial charge is 0.483 e. The molecule has 5 heteroatoms. The maximum absolute atomic E-state index is 12.8. The summed E-state index contributed by atoms with van der Waals surface area (Å²) in [7, 11) is 0. The fourth-order valence-corrected chi connectivity index (χ4v) is 3.52. The zero-order chi connectivity index (χ0) is 19.9. The van der Waals surface area contributed by atoms with Crippen LogP contribution in [0.15, 0.2) is 42.5 Å². The van der Waals surface area contributed by atoms with Crippen LogP contribution < -0.4 is 15.4 Å². The first-order valence-corrected chi connectivity index (χ1v) is 9.93. The van der Waals surface area contributed by atoms with Crippen LogP contribution in [0.4, 0.5) is 5.69 Å². The molecule has 3 rings (SSSR count). The summed E-state index contributed by atoms with van der Waals surface area (Å²) in [6, 6.07) is 13.0. The van der Waals surface area contributed by atoms with Crippen LogP contribution >= 0.6 is 0 Å². The Balaban J connectivity index is 1.62. The molecule has 0 aliphatic heterocycles. The van der Waals surface area contributed by atoms with Crippen molar-refractivity contribution in [3.05, 3.63) is 59.2 Å². The Labute approximate surface area is 166 Å². The van der Waals surface area contributed by atoms with Crippen molar-refractivity contribution in [2.75, 3.05) is 11.9 Å². The molecule has 1 aliphatic carbocycles. The molecule has 0 atom stereocenters. The van der Waals surface area contributed by atoms with Crippen molar-refractivity contribution in [3.63, 3.8) is 0 Å². The Kier molecular flexibility index (Phi) is 6.69. The second-order valence-corrected chi connectivity index (χ2v) is 7.39. The van der Waals surface area contributed by atoms with E-state index in [4.69, 9.17) is 4.74 Å². The SMILES string of the molecule is Cc1cccc(NC(=O)c2ccccc2OCC(=O)NC2CCCCC2)c1C. The number of carbonyl (C=O) groups is 2. The molecule has 0 radical (unpaired) electrons. The fraction of sp³-hybridized carbons (Fsp3) is 0.391. The van der Waals surface area contributed by atoms with E-state index in [2.05, 4.69) is 10.6 Å². The molecule has 1 saturated carbocycles. The molecule has 28 heavy (non-hydrogen) atoms. The van der Waals surface area contributed by atoms with Crippen molar-refractivity contribution in [2.45, 2.75) is 52.0 Å². The van der Waals surface area contributed by atoms with Gasteiger partial charge in [-0.05, 0) is 56.0 Å². The molecule has 5 nitrogen and oxygen atoms in total. The third kappa shape index (κ3) is 5.12. The maximum atomic E-state index is 12.8. The van der Waals surface area contributed by atoms with Gasteiger partial charge in [0.25, 0.3) is 11.8 Å². The second kappa shape index (κ2) is 9.40. The molecule has 0 heterocycles. The monoisotopic (exact) mass is 380 g/mol. The summed E-state index contributed by atoms with van der Waals surface area (Å²) in [5.74, 6) is 0.0118. The molecule has 2 aromatic rings. The third-order valence-corrected chi connectivity index (χ3v) is 5.31. The number of carbonyl (C=O) groups excluding carboxylic acids is 2. The topological polar surface area (TPSA) is 67.4 Å². The lowest BCUT2D eigenvalue weighted by atomic mass is 9.95. The lowest BCUT2D eigenvalue weighted by Crippen LogP contribution is -2.39. The van der Waals surface area contributed by atoms with Crippen LogP contribution in [0, 0.1) is 13.8 Å². The summed E-state index contributed by atoms with van der Waals surface area (Å²) in [5, 5.41) is 5.97. The normalized spacial score (nSPS) is 14.4. The lowest BCUT2D eigenvalue weighted by Gasteiger charge is -2.22. The number of hydrogen-bond acceptors (Lipinski definition) is 3. The number of anilines is 1. The van der Waals surface area contributed by atoms with Gasteiger partial charge in [-0.15, -0.1) is 0 Å². The highest BCUT2D eigenvalue weighted by Crippen LogP contribution is 2.23. The number of ether oxygens (including phenoxy) is 1. The molecule has 148 valence electrons. The molecule has 2 aromatic carbocycles. The van der Waals surface area contributed by atoms with Gasteiger partial charge in [0.1, 0.15) is 5.75 Å². The predicted molar refractivity (Wildman–Crippen MR) is 111 cm³/mol. The van der Waals surface area contributed by atoms with E-state index in [1.807, 2.05) is 32.0 Å². The Hall–Kier alpha value is -2.82. The van der Waals surface area contributed by atoms with Gasteiger partial charge in [-0.2, -0.15) is 0 Å². The third-order valence-electron chi connectivity index (χ3n) is 5.31. The first-order valence-electron chi connectivity index (χ1n) is 9.93. The molecule has 2 N–H and O–H groups in total. The van der Waals surface area contributed by atoms with Gasteiger partial charge in [0.2, 0.25) is 0 Å². The fourth-order valence-electron chi connectivity index (χ4n) is 3.52. The summed E-state index contributed by atoms with van der Waals surface area (Å²) >= 11 is 0. The van der Waals surface area contributed by atoms with Crippen LogP contribution in [0.25, 0.3) is 0 Å². The Bertz CT molecular complexity index is 841. The highest BCUT2D eigenvalue weighted by Gasteiger charge is 2.18. The van der Waals surface area contributed by atoms with Gasteiger partial charge in [0.15, 0.2) is 6.61 Å². The Morgan fingerprint density at radius 2 is 1.75 bits per heavy atom. The average molecular weight is 380 g/mol. The van der Waals surface area contributed by atoms with E-state index < -0.39 is 0 Å². The van der Waals surface area contributed by atoms with E-state index in [0.29, 0.717) is 11.3 Å². The van der Waals surface area contributed by atoms with Gasteiger partial charge in [-0.3, -0.25) is 9.59 Å². The highest BCUT2D eigenvalue weighted by molar-refractivity contribution is 6.06. The molecule has 1 aliphatic rings. The van der Waals surface area contributed by atoms with Crippen molar-refractivity contribution in [1.82, 2.24) is 5.32 Å². The van der Waals surface area contributed by atoms with Crippen LogP contribution in [0.3, 0.4) is 0 Å². The number of rotatable bonds is 6. The molecular formula is C23H28N2O3. The molecule has 2 amide bonds. The van der Waals surface area contributed by atoms with Gasteiger partial charge in [0, 0.05) is 11.7 Å². The zero-order valence-corrected chi connectivity index (χ0v) is 16.6. The first-order chi connectivity index (χ1) is 13.5. The minimum atomic E-state index is -0.253. The van der Waals surface area contributed by atoms with Crippen LogP contribution in [0.5, 0.6) is 5.75 Å². The molecular weight excluding hydrogens is 352 g/mol. The molecule has 1 fully saturated rings. The van der Waals surface area contributed by atoms with Crippen LogP contribution in [0.1, 0.15) is 53.6 Å². The average Bonchev–Trinajstić information content (AvgIpc) is 2.71. The number of benzene rings is 2. The maximum Gasteiger partial charge on any atom is 0.259 e. The van der Waals surface area contributed by atoms with Crippen LogP contribution in [-0.4, -0.2) is 24.5 Å². The quantitative estimate of drug-likeness (QED) is 0.781. The van der Waals surface area contributed by atoms with Crippen LogP contribution in [0.2, 0.25) is 0 Å². The summed E-state index contributed by atoms with van der Waals surface area (Å²) in [4.78, 5) is 25.0. The summed E-state index contributed by atoms with van der Waals surface area (Å²) in [6.07, 6.45) is 5.62.